The zero-order chi connectivity index (χ0) is 13.8. The summed E-state index contributed by atoms with van der Waals surface area (Å²) in [6.07, 6.45) is 0. The maximum atomic E-state index is 11.4. The molecule has 1 aromatic rings. The number of rotatable bonds is 3. The Morgan fingerprint density at radius 2 is 1.95 bits per heavy atom. The largest absolute Gasteiger partial charge is 0.369 e. The molecule has 0 radical (unpaired) electrons. The Kier molecular flexibility index (Phi) is 4.43. The number of hydrogen-bond donors (Lipinski definition) is 0. The van der Waals surface area contributed by atoms with Crippen molar-refractivity contribution < 1.29 is 4.79 Å². The summed E-state index contributed by atoms with van der Waals surface area (Å²) in [7, 11) is 1.82. The lowest BCUT2D eigenvalue weighted by atomic mass is 10.2. The van der Waals surface area contributed by atoms with Crippen molar-refractivity contribution in [1.82, 2.24) is 4.90 Å². The van der Waals surface area contributed by atoms with Crippen LogP contribution in [0.3, 0.4) is 0 Å². The van der Waals surface area contributed by atoms with Gasteiger partial charge >= 0.3 is 0 Å². The fraction of sp³-hybridized carbons (Fsp3) is 0.533. The summed E-state index contributed by atoms with van der Waals surface area (Å²) in [5, 5.41) is 0. The fourth-order valence-corrected chi connectivity index (χ4v) is 2.40. The van der Waals surface area contributed by atoms with E-state index < -0.39 is 0 Å². The first-order valence-electron chi connectivity index (χ1n) is 6.93. The minimum Gasteiger partial charge on any atom is -0.369 e. The highest BCUT2D eigenvalue weighted by Crippen LogP contribution is 2.23. The predicted octanol–water partition coefficient (Wildman–Crippen LogP) is 1.81. The molecule has 1 aliphatic rings. The van der Waals surface area contributed by atoms with E-state index in [1.807, 2.05) is 19.2 Å². The van der Waals surface area contributed by atoms with Crippen LogP contribution in [0.5, 0.6) is 0 Å². The summed E-state index contributed by atoms with van der Waals surface area (Å²) in [6.45, 7) is 9.26. The van der Waals surface area contributed by atoms with Crippen LogP contribution in [0.25, 0.3) is 0 Å². The van der Waals surface area contributed by atoms with E-state index in [4.69, 9.17) is 0 Å². The fourth-order valence-electron chi connectivity index (χ4n) is 2.40. The SMILES string of the molecule is CCN1CCN(c2cccc(N(C)C(C)=O)c2)CC1. The molecule has 0 unspecified atom stereocenters. The third-order valence-electron chi connectivity index (χ3n) is 3.87. The summed E-state index contributed by atoms with van der Waals surface area (Å²) in [5.74, 6) is 0.0629. The van der Waals surface area contributed by atoms with Gasteiger partial charge in [-0.15, -0.1) is 0 Å². The minimum atomic E-state index is 0.0629. The van der Waals surface area contributed by atoms with Crippen molar-refractivity contribution in [2.24, 2.45) is 0 Å². The molecule has 0 aromatic heterocycles. The Balaban J connectivity index is 2.09. The minimum absolute atomic E-state index is 0.0629. The molecule has 0 N–H and O–H groups in total. The number of carbonyl (C=O) groups excluding carboxylic acids is 1. The lowest BCUT2D eigenvalue weighted by Crippen LogP contribution is -2.46. The Hall–Kier alpha value is -1.55. The number of piperazine rings is 1. The molecule has 1 aliphatic heterocycles. The summed E-state index contributed by atoms with van der Waals surface area (Å²) in [6, 6.07) is 8.23. The Bertz CT molecular complexity index is 439. The van der Waals surface area contributed by atoms with Crippen molar-refractivity contribution in [3.05, 3.63) is 24.3 Å². The molecule has 1 fully saturated rings. The zero-order valence-corrected chi connectivity index (χ0v) is 12.1. The van der Waals surface area contributed by atoms with Gasteiger partial charge in [-0.1, -0.05) is 13.0 Å². The normalized spacial score (nSPS) is 16.5. The van der Waals surface area contributed by atoms with Gasteiger partial charge < -0.3 is 14.7 Å². The zero-order valence-electron chi connectivity index (χ0n) is 12.1. The van der Waals surface area contributed by atoms with Crippen molar-refractivity contribution in [1.29, 1.82) is 0 Å². The highest BCUT2D eigenvalue weighted by molar-refractivity contribution is 5.91. The van der Waals surface area contributed by atoms with Crippen molar-refractivity contribution >= 4 is 17.3 Å². The van der Waals surface area contributed by atoms with Crippen LogP contribution in [0.15, 0.2) is 24.3 Å². The summed E-state index contributed by atoms with van der Waals surface area (Å²) in [5.41, 5.74) is 2.17. The Morgan fingerprint density at radius 1 is 1.26 bits per heavy atom. The molecule has 1 amide bonds. The van der Waals surface area contributed by atoms with Gasteiger partial charge in [-0.05, 0) is 24.7 Å². The second kappa shape index (κ2) is 6.06. The highest BCUT2D eigenvalue weighted by atomic mass is 16.2. The molecule has 0 saturated carbocycles. The summed E-state index contributed by atoms with van der Waals surface area (Å²) < 4.78 is 0. The van der Waals surface area contributed by atoms with E-state index in [2.05, 4.69) is 28.9 Å². The molecule has 19 heavy (non-hydrogen) atoms. The van der Waals surface area contributed by atoms with Gasteiger partial charge in [0, 0.05) is 51.5 Å². The van der Waals surface area contributed by atoms with Crippen LogP contribution in [0, 0.1) is 0 Å². The summed E-state index contributed by atoms with van der Waals surface area (Å²) in [4.78, 5) is 18.0. The smallest absolute Gasteiger partial charge is 0.223 e. The van der Waals surface area contributed by atoms with Crippen LogP contribution in [0.4, 0.5) is 11.4 Å². The van der Waals surface area contributed by atoms with Gasteiger partial charge in [0.2, 0.25) is 5.91 Å². The average Bonchev–Trinajstić information content (AvgIpc) is 2.46. The van der Waals surface area contributed by atoms with E-state index in [0.29, 0.717) is 0 Å². The molecule has 1 heterocycles. The van der Waals surface area contributed by atoms with Gasteiger partial charge in [0.05, 0.1) is 0 Å². The first-order valence-corrected chi connectivity index (χ1v) is 6.93. The molecule has 104 valence electrons. The van der Waals surface area contributed by atoms with Crippen molar-refractivity contribution in [3.8, 4) is 0 Å². The van der Waals surface area contributed by atoms with E-state index >= 15 is 0 Å². The maximum Gasteiger partial charge on any atom is 0.223 e. The monoisotopic (exact) mass is 261 g/mol. The van der Waals surface area contributed by atoms with E-state index in [1.165, 1.54) is 5.69 Å². The Morgan fingerprint density at radius 3 is 2.53 bits per heavy atom. The number of nitrogens with zero attached hydrogens (tertiary/aromatic N) is 3. The number of hydrogen-bond acceptors (Lipinski definition) is 3. The van der Waals surface area contributed by atoms with Crippen LogP contribution in [-0.2, 0) is 4.79 Å². The molecule has 1 aromatic carbocycles. The molecule has 4 heteroatoms. The van der Waals surface area contributed by atoms with Gasteiger partial charge in [0.15, 0.2) is 0 Å². The lowest BCUT2D eigenvalue weighted by molar-refractivity contribution is -0.116. The number of benzene rings is 1. The van der Waals surface area contributed by atoms with Gasteiger partial charge in [-0.2, -0.15) is 0 Å². The standard InChI is InChI=1S/C15H23N3O/c1-4-17-8-10-18(11-9-17)15-7-5-6-14(12-15)16(3)13(2)19/h5-7,12H,4,8-11H2,1-3H3. The highest BCUT2D eigenvalue weighted by Gasteiger charge is 2.16. The number of amides is 1. The second-order valence-corrected chi connectivity index (χ2v) is 5.02. The summed E-state index contributed by atoms with van der Waals surface area (Å²) >= 11 is 0. The second-order valence-electron chi connectivity index (χ2n) is 5.02. The average molecular weight is 261 g/mol. The van der Waals surface area contributed by atoms with Gasteiger partial charge in [0.25, 0.3) is 0 Å². The molecule has 0 spiro atoms. The quantitative estimate of drug-likeness (QED) is 0.830. The third-order valence-corrected chi connectivity index (χ3v) is 3.87. The van der Waals surface area contributed by atoms with E-state index in [1.54, 1.807) is 11.8 Å². The molecule has 0 aliphatic carbocycles. The van der Waals surface area contributed by atoms with E-state index in [9.17, 15) is 4.79 Å². The molecule has 1 saturated heterocycles. The predicted molar refractivity (Wildman–Crippen MR) is 79.9 cm³/mol. The number of carbonyl (C=O) groups is 1. The van der Waals surface area contributed by atoms with Crippen LogP contribution < -0.4 is 9.80 Å². The van der Waals surface area contributed by atoms with Gasteiger partial charge in [-0.25, -0.2) is 0 Å². The van der Waals surface area contributed by atoms with Crippen molar-refractivity contribution in [2.45, 2.75) is 13.8 Å². The van der Waals surface area contributed by atoms with Crippen LogP contribution >= 0.6 is 0 Å². The Labute approximate surface area is 115 Å². The van der Waals surface area contributed by atoms with Crippen molar-refractivity contribution in [3.63, 3.8) is 0 Å². The van der Waals surface area contributed by atoms with Crippen LogP contribution in [0.2, 0.25) is 0 Å². The van der Waals surface area contributed by atoms with Gasteiger partial charge in [-0.3, -0.25) is 4.79 Å². The van der Waals surface area contributed by atoms with E-state index in [-0.39, 0.29) is 5.91 Å². The first kappa shape index (κ1) is 13.9. The molecule has 4 nitrogen and oxygen atoms in total. The van der Waals surface area contributed by atoms with Crippen molar-refractivity contribution in [2.75, 3.05) is 49.6 Å². The van der Waals surface area contributed by atoms with Crippen LogP contribution in [-0.4, -0.2) is 50.6 Å². The van der Waals surface area contributed by atoms with E-state index in [0.717, 1.165) is 38.4 Å². The maximum absolute atomic E-state index is 11.4. The molecule has 2 rings (SSSR count). The first-order chi connectivity index (χ1) is 9.11. The molecule has 0 bridgehead atoms. The topological polar surface area (TPSA) is 26.8 Å². The number of anilines is 2. The molecule has 0 atom stereocenters. The number of likely N-dealkylation sites (N-methyl/N-ethyl adjacent to an activating group) is 1. The van der Waals surface area contributed by atoms with Gasteiger partial charge in [0.1, 0.15) is 0 Å². The molecular formula is C15H23N3O. The molecular weight excluding hydrogens is 238 g/mol. The third kappa shape index (κ3) is 3.26. The van der Waals surface area contributed by atoms with Crippen LogP contribution in [0.1, 0.15) is 13.8 Å². The lowest BCUT2D eigenvalue weighted by Gasteiger charge is -2.35.